The van der Waals surface area contributed by atoms with Gasteiger partial charge >= 0.3 is 0 Å². The summed E-state index contributed by atoms with van der Waals surface area (Å²) < 4.78 is 11.5. The quantitative estimate of drug-likeness (QED) is 0.667. The molecule has 0 N–H and O–H groups in total. The minimum absolute atomic E-state index is 0.0286. The lowest BCUT2D eigenvalue weighted by atomic mass is 9.96. The zero-order valence-electron chi connectivity index (χ0n) is 11.3. The summed E-state index contributed by atoms with van der Waals surface area (Å²) in [5.74, 6) is 1.84. The van der Waals surface area contributed by atoms with Crippen molar-refractivity contribution in [1.29, 1.82) is 0 Å². The molecule has 0 aliphatic carbocycles. The van der Waals surface area contributed by atoms with Crippen LogP contribution in [0.25, 0.3) is 0 Å². The molecule has 2 atom stereocenters. The molecule has 18 heavy (non-hydrogen) atoms. The van der Waals surface area contributed by atoms with Crippen molar-refractivity contribution in [3.63, 3.8) is 0 Å². The fourth-order valence-electron chi connectivity index (χ4n) is 1.99. The maximum Gasteiger partial charge on any atom is 0.161 e. The third kappa shape index (κ3) is 3.55. The van der Waals surface area contributed by atoms with Crippen molar-refractivity contribution < 1.29 is 9.47 Å². The average Bonchev–Trinajstić information content (AvgIpc) is 2.37. The van der Waals surface area contributed by atoms with Crippen LogP contribution in [-0.4, -0.2) is 14.2 Å². The molecule has 0 aliphatic heterocycles. The highest BCUT2D eigenvalue weighted by Gasteiger charge is 2.20. The molecule has 1 aromatic rings. The molecular formula is C14H20BrClO2. The first kappa shape index (κ1) is 15.6. The van der Waals surface area contributed by atoms with Crippen molar-refractivity contribution in [3.8, 4) is 11.5 Å². The number of benzene rings is 1. The Balaban J connectivity index is 3.08. The number of methoxy groups -OCH3 is 2. The van der Waals surface area contributed by atoms with Crippen LogP contribution in [0.4, 0.5) is 0 Å². The topological polar surface area (TPSA) is 18.5 Å². The molecule has 0 aliphatic rings. The summed E-state index contributed by atoms with van der Waals surface area (Å²) in [6.07, 6.45) is 2.24. The molecule has 0 bridgehead atoms. The highest BCUT2D eigenvalue weighted by atomic mass is 79.9. The van der Waals surface area contributed by atoms with Gasteiger partial charge in [-0.1, -0.05) is 36.2 Å². The van der Waals surface area contributed by atoms with E-state index in [1.807, 2.05) is 12.1 Å². The van der Waals surface area contributed by atoms with E-state index in [2.05, 4.69) is 29.8 Å². The van der Waals surface area contributed by atoms with Crippen LogP contribution in [0.5, 0.6) is 11.5 Å². The Labute approximate surface area is 123 Å². The van der Waals surface area contributed by atoms with Crippen LogP contribution in [0.1, 0.15) is 37.6 Å². The normalized spacial score (nSPS) is 14.1. The van der Waals surface area contributed by atoms with Gasteiger partial charge in [-0.3, -0.25) is 0 Å². The smallest absolute Gasteiger partial charge is 0.161 e. The molecule has 0 radical (unpaired) electrons. The minimum Gasteiger partial charge on any atom is -0.493 e. The first-order valence-electron chi connectivity index (χ1n) is 6.10. The van der Waals surface area contributed by atoms with E-state index in [0.29, 0.717) is 17.4 Å². The van der Waals surface area contributed by atoms with E-state index >= 15 is 0 Å². The van der Waals surface area contributed by atoms with Gasteiger partial charge in [-0.25, -0.2) is 0 Å². The van der Waals surface area contributed by atoms with Crippen molar-refractivity contribution in [2.45, 2.75) is 32.1 Å². The lowest BCUT2D eigenvalue weighted by Crippen LogP contribution is -2.05. The second-order valence-corrected chi connectivity index (χ2v) is 5.72. The van der Waals surface area contributed by atoms with E-state index in [4.69, 9.17) is 21.1 Å². The lowest BCUT2D eigenvalue weighted by molar-refractivity contribution is 0.353. The van der Waals surface area contributed by atoms with Crippen molar-refractivity contribution in [2.75, 3.05) is 14.2 Å². The molecule has 2 unspecified atom stereocenters. The predicted octanol–water partition coefficient (Wildman–Crippen LogP) is 5.18. The van der Waals surface area contributed by atoms with Crippen molar-refractivity contribution >= 4 is 27.5 Å². The van der Waals surface area contributed by atoms with Gasteiger partial charge in [-0.2, -0.15) is 0 Å². The summed E-state index contributed by atoms with van der Waals surface area (Å²) in [6, 6.07) is 3.86. The summed E-state index contributed by atoms with van der Waals surface area (Å²) in [5.41, 5.74) is 1.05. The molecule has 0 heterocycles. The van der Waals surface area contributed by atoms with Gasteiger partial charge in [-0.05, 0) is 30.0 Å². The number of halogens is 2. The average molecular weight is 336 g/mol. The summed E-state index contributed by atoms with van der Waals surface area (Å²) >= 11 is 10.1. The van der Waals surface area contributed by atoms with E-state index in [-0.39, 0.29) is 5.38 Å². The second-order valence-electron chi connectivity index (χ2n) is 4.40. The van der Waals surface area contributed by atoms with Gasteiger partial charge in [0.15, 0.2) is 11.5 Å². The minimum atomic E-state index is -0.0286. The van der Waals surface area contributed by atoms with Crippen LogP contribution in [0.15, 0.2) is 16.6 Å². The number of ether oxygens (including phenoxy) is 2. The summed E-state index contributed by atoms with van der Waals surface area (Å²) in [4.78, 5) is 0. The van der Waals surface area contributed by atoms with E-state index in [9.17, 15) is 0 Å². The number of hydrogen-bond acceptors (Lipinski definition) is 2. The van der Waals surface area contributed by atoms with Gasteiger partial charge in [0.1, 0.15) is 0 Å². The van der Waals surface area contributed by atoms with E-state index in [1.165, 1.54) is 0 Å². The first-order valence-corrected chi connectivity index (χ1v) is 7.33. The summed E-state index contributed by atoms with van der Waals surface area (Å²) in [7, 11) is 3.26. The first-order chi connectivity index (χ1) is 8.54. The molecule has 2 nitrogen and oxygen atoms in total. The van der Waals surface area contributed by atoms with Crippen LogP contribution in [0.3, 0.4) is 0 Å². The van der Waals surface area contributed by atoms with Crippen molar-refractivity contribution in [3.05, 3.63) is 22.2 Å². The van der Waals surface area contributed by atoms with E-state index in [1.54, 1.807) is 14.2 Å². The van der Waals surface area contributed by atoms with Crippen LogP contribution in [0.2, 0.25) is 0 Å². The largest absolute Gasteiger partial charge is 0.493 e. The fourth-order valence-corrected chi connectivity index (χ4v) is 3.00. The van der Waals surface area contributed by atoms with Gasteiger partial charge in [0, 0.05) is 4.47 Å². The molecule has 0 aromatic heterocycles. The summed E-state index contributed by atoms with van der Waals surface area (Å²) in [6.45, 7) is 4.34. The van der Waals surface area contributed by atoms with Gasteiger partial charge in [-0.15, -0.1) is 11.6 Å². The second kappa shape index (κ2) is 7.25. The third-order valence-electron chi connectivity index (χ3n) is 3.04. The van der Waals surface area contributed by atoms with Crippen LogP contribution < -0.4 is 9.47 Å². The SMILES string of the molecule is CCCC(C)C(Cl)c1cc(OC)c(OC)cc1Br. The number of hydrogen-bond donors (Lipinski definition) is 0. The van der Waals surface area contributed by atoms with E-state index < -0.39 is 0 Å². The van der Waals surface area contributed by atoms with Gasteiger partial charge < -0.3 is 9.47 Å². The summed E-state index contributed by atoms with van der Waals surface area (Å²) in [5, 5.41) is -0.0286. The predicted molar refractivity (Wildman–Crippen MR) is 79.9 cm³/mol. The third-order valence-corrected chi connectivity index (χ3v) is 4.40. The zero-order valence-corrected chi connectivity index (χ0v) is 13.6. The monoisotopic (exact) mass is 334 g/mol. The Morgan fingerprint density at radius 2 is 1.78 bits per heavy atom. The Bertz CT molecular complexity index is 396. The molecule has 1 aromatic carbocycles. The zero-order chi connectivity index (χ0) is 13.7. The molecule has 0 spiro atoms. The molecule has 0 saturated heterocycles. The van der Waals surface area contributed by atoms with Crippen molar-refractivity contribution in [2.24, 2.45) is 5.92 Å². The Kier molecular flexibility index (Phi) is 6.30. The van der Waals surface area contributed by atoms with Gasteiger partial charge in [0.05, 0.1) is 19.6 Å². The Morgan fingerprint density at radius 3 is 2.28 bits per heavy atom. The maximum atomic E-state index is 6.54. The molecule has 4 heteroatoms. The van der Waals surface area contributed by atoms with Crippen LogP contribution >= 0.6 is 27.5 Å². The molecular weight excluding hydrogens is 316 g/mol. The molecule has 0 amide bonds. The van der Waals surface area contributed by atoms with Gasteiger partial charge in [0.25, 0.3) is 0 Å². The standard InChI is InChI=1S/C14H20BrClO2/c1-5-6-9(2)14(16)10-7-12(17-3)13(18-4)8-11(10)15/h7-9,14H,5-6H2,1-4H3. The molecule has 0 fully saturated rings. The van der Waals surface area contributed by atoms with Crippen molar-refractivity contribution in [1.82, 2.24) is 0 Å². The maximum absolute atomic E-state index is 6.54. The van der Waals surface area contributed by atoms with E-state index in [0.717, 1.165) is 22.9 Å². The lowest BCUT2D eigenvalue weighted by Gasteiger charge is -2.20. The van der Waals surface area contributed by atoms with Crippen LogP contribution in [0, 0.1) is 5.92 Å². The highest BCUT2D eigenvalue weighted by molar-refractivity contribution is 9.10. The number of alkyl halides is 1. The van der Waals surface area contributed by atoms with Crippen LogP contribution in [-0.2, 0) is 0 Å². The molecule has 1 rings (SSSR count). The molecule has 102 valence electrons. The highest BCUT2D eigenvalue weighted by Crippen LogP contribution is 2.41. The Morgan fingerprint density at radius 1 is 1.22 bits per heavy atom. The number of rotatable bonds is 6. The Hall–Kier alpha value is -0.410. The van der Waals surface area contributed by atoms with Gasteiger partial charge in [0.2, 0.25) is 0 Å². The fraction of sp³-hybridized carbons (Fsp3) is 0.571. The molecule has 0 saturated carbocycles.